The number of carbonyl (C=O) groups excluding carboxylic acids is 2. The predicted molar refractivity (Wildman–Crippen MR) is 81.5 cm³/mol. The van der Waals surface area contributed by atoms with Gasteiger partial charge in [-0.15, -0.1) is 0 Å². The van der Waals surface area contributed by atoms with Crippen molar-refractivity contribution in [2.75, 3.05) is 20.1 Å². The van der Waals surface area contributed by atoms with Gasteiger partial charge in [-0.3, -0.25) is 9.59 Å². The van der Waals surface area contributed by atoms with Crippen molar-refractivity contribution in [3.63, 3.8) is 0 Å². The van der Waals surface area contributed by atoms with Crippen LogP contribution in [0.2, 0.25) is 0 Å². The number of nitriles is 1. The molecule has 1 spiro atoms. The van der Waals surface area contributed by atoms with Crippen molar-refractivity contribution in [1.29, 1.82) is 5.26 Å². The number of piperidine rings is 1. The molecular formula is C17H23N3O2. The number of carbonyl (C=O) groups is 2. The Morgan fingerprint density at radius 2 is 1.86 bits per heavy atom. The van der Waals surface area contributed by atoms with E-state index in [1.807, 2.05) is 7.05 Å². The summed E-state index contributed by atoms with van der Waals surface area (Å²) in [7, 11) is 2.04. The highest BCUT2D eigenvalue weighted by Gasteiger charge is 2.55. The Kier molecular flexibility index (Phi) is 3.41. The van der Waals surface area contributed by atoms with Crippen LogP contribution in [0.1, 0.15) is 39.5 Å². The maximum Gasteiger partial charge on any atom is 0.242 e. The summed E-state index contributed by atoms with van der Waals surface area (Å²) >= 11 is 0. The van der Waals surface area contributed by atoms with Crippen molar-refractivity contribution in [2.24, 2.45) is 16.7 Å². The number of ketones is 1. The van der Waals surface area contributed by atoms with Crippen LogP contribution in [0.5, 0.6) is 0 Å². The summed E-state index contributed by atoms with van der Waals surface area (Å²) in [6.45, 7) is 5.74. The van der Waals surface area contributed by atoms with Gasteiger partial charge >= 0.3 is 0 Å². The Labute approximate surface area is 131 Å². The van der Waals surface area contributed by atoms with Crippen LogP contribution < -0.4 is 5.32 Å². The number of likely N-dealkylation sites (tertiary alicyclic amines) is 1. The second-order valence-corrected chi connectivity index (χ2v) is 7.81. The van der Waals surface area contributed by atoms with E-state index < -0.39 is 11.3 Å². The van der Waals surface area contributed by atoms with Crippen LogP contribution in [-0.2, 0) is 9.59 Å². The van der Waals surface area contributed by atoms with Crippen molar-refractivity contribution in [1.82, 2.24) is 10.2 Å². The lowest BCUT2D eigenvalue weighted by atomic mass is 9.57. The largest absolute Gasteiger partial charge is 0.328 e. The topological polar surface area (TPSA) is 73.2 Å². The van der Waals surface area contributed by atoms with E-state index in [4.69, 9.17) is 0 Å². The summed E-state index contributed by atoms with van der Waals surface area (Å²) in [4.78, 5) is 27.5. The summed E-state index contributed by atoms with van der Waals surface area (Å²) in [5, 5.41) is 12.4. The quantitative estimate of drug-likeness (QED) is 0.738. The number of nitrogens with zero attached hydrogens (tertiary/aromatic N) is 2. The molecule has 1 amide bonds. The minimum atomic E-state index is -0.745. The van der Waals surface area contributed by atoms with Gasteiger partial charge in [0.1, 0.15) is 5.92 Å². The lowest BCUT2D eigenvalue weighted by Crippen LogP contribution is -2.55. The molecular weight excluding hydrogens is 278 g/mol. The highest BCUT2D eigenvalue weighted by Crippen LogP contribution is 2.53. The van der Waals surface area contributed by atoms with Crippen molar-refractivity contribution >= 4 is 11.7 Å². The molecule has 3 rings (SSSR count). The Morgan fingerprint density at radius 1 is 1.23 bits per heavy atom. The van der Waals surface area contributed by atoms with Gasteiger partial charge < -0.3 is 10.2 Å². The van der Waals surface area contributed by atoms with E-state index in [2.05, 4.69) is 30.1 Å². The van der Waals surface area contributed by atoms with Crippen molar-refractivity contribution in [3.8, 4) is 6.07 Å². The Morgan fingerprint density at radius 3 is 2.45 bits per heavy atom. The highest BCUT2D eigenvalue weighted by atomic mass is 16.2. The van der Waals surface area contributed by atoms with E-state index in [-0.39, 0.29) is 17.1 Å². The molecule has 22 heavy (non-hydrogen) atoms. The van der Waals surface area contributed by atoms with Gasteiger partial charge in [0, 0.05) is 23.1 Å². The molecule has 5 heteroatoms. The lowest BCUT2D eigenvalue weighted by Gasteiger charge is -2.49. The molecule has 1 saturated heterocycles. The number of rotatable bonds is 0. The molecule has 1 fully saturated rings. The van der Waals surface area contributed by atoms with Gasteiger partial charge in [-0.2, -0.15) is 5.26 Å². The third-order valence-electron chi connectivity index (χ3n) is 5.47. The summed E-state index contributed by atoms with van der Waals surface area (Å²) < 4.78 is 0. The molecule has 3 aliphatic rings. The first-order chi connectivity index (χ1) is 10.3. The lowest BCUT2D eigenvalue weighted by molar-refractivity contribution is -0.130. The van der Waals surface area contributed by atoms with Gasteiger partial charge in [0.2, 0.25) is 5.91 Å². The fourth-order valence-electron chi connectivity index (χ4n) is 4.36. The van der Waals surface area contributed by atoms with Crippen molar-refractivity contribution < 1.29 is 9.59 Å². The first kappa shape index (κ1) is 15.2. The molecule has 0 aromatic rings. The Balaban J connectivity index is 2.13. The smallest absolute Gasteiger partial charge is 0.242 e. The number of amides is 1. The second-order valence-electron chi connectivity index (χ2n) is 7.81. The highest BCUT2D eigenvalue weighted by molar-refractivity contribution is 6.03. The third kappa shape index (κ3) is 2.17. The van der Waals surface area contributed by atoms with Gasteiger partial charge in [-0.1, -0.05) is 13.8 Å². The Hall–Kier alpha value is -1.67. The molecule has 0 bridgehead atoms. The predicted octanol–water partition coefficient (Wildman–Crippen LogP) is 1.61. The minimum Gasteiger partial charge on any atom is -0.328 e. The third-order valence-corrected chi connectivity index (χ3v) is 5.47. The molecule has 2 aliphatic heterocycles. The molecule has 118 valence electrons. The number of hydrogen-bond donors (Lipinski definition) is 1. The van der Waals surface area contributed by atoms with E-state index >= 15 is 0 Å². The molecule has 0 saturated carbocycles. The van der Waals surface area contributed by atoms with E-state index in [1.54, 1.807) is 0 Å². The normalized spacial score (nSPS) is 30.7. The molecule has 5 nitrogen and oxygen atoms in total. The maximum atomic E-state index is 12.8. The van der Waals surface area contributed by atoms with Gasteiger partial charge in [-0.05, 0) is 44.8 Å². The molecule has 0 aromatic carbocycles. The van der Waals surface area contributed by atoms with Crippen LogP contribution in [0.3, 0.4) is 0 Å². The van der Waals surface area contributed by atoms with Crippen LogP contribution in [0.4, 0.5) is 0 Å². The Bertz CT molecular complexity index is 604. The average molecular weight is 301 g/mol. The van der Waals surface area contributed by atoms with E-state index in [1.165, 1.54) is 0 Å². The van der Waals surface area contributed by atoms with Crippen molar-refractivity contribution in [3.05, 3.63) is 11.3 Å². The van der Waals surface area contributed by atoms with E-state index in [0.717, 1.165) is 24.4 Å². The maximum absolute atomic E-state index is 12.8. The summed E-state index contributed by atoms with van der Waals surface area (Å²) in [6.07, 6.45) is 2.62. The first-order valence-corrected chi connectivity index (χ1v) is 7.95. The molecule has 0 aromatic heterocycles. The number of allylic oxidation sites excluding steroid dienone is 2. The monoisotopic (exact) mass is 301 g/mol. The number of Topliss-reactive ketones (excluding diaryl/α,β-unsaturated/α-hetero) is 1. The van der Waals surface area contributed by atoms with Gasteiger partial charge in [0.05, 0.1) is 6.07 Å². The zero-order valence-electron chi connectivity index (χ0n) is 13.5. The van der Waals surface area contributed by atoms with Crippen LogP contribution in [0.25, 0.3) is 0 Å². The molecule has 1 aliphatic carbocycles. The van der Waals surface area contributed by atoms with Crippen LogP contribution in [-0.4, -0.2) is 36.7 Å². The summed E-state index contributed by atoms with van der Waals surface area (Å²) in [5.41, 5.74) is 0.829. The van der Waals surface area contributed by atoms with Gasteiger partial charge in [0.15, 0.2) is 5.78 Å². The fourth-order valence-corrected chi connectivity index (χ4v) is 4.36. The van der Waals surface area contributed by atoms with E-state index in [9.17, 15) is 14.9 Å². The van der Waals surface area contributed by atoms with Gasteiger partial charge in [-0.25, -0.2) is 0 Å². The van der Waals surface area contributed by atoms with Crippen LogP contribution in [0, 0.1) is 28.1 Å². The zero-order valence-corrected chi connectivity index (χ0v) is 13.5. The molecule has 1 atom stereocenters. The zero-order chi connectivity index (χ0) is 16.1. The molecule has 1 N–H and O–H groups in total. The number of fused-ring (bicyclic) bond motifs is 1. The fraction of sp³-hybridized carbons (Fsp3) is 0.706. The summed E-state index contributed by atoms with van der Waals surface area (Å²) in [5.74, 6) is -0.850. The SMILES string of the molecule is CN1CCC2(CC1)C1=C(CC(C)(C)CC1=O)NC(=O)C2C#N. The average Bonchev–Trinajstić information content (AvgIpc) is 2.40. The number of nitrogens with one attached hydrogen (secondary N) is 1. The molecule has 1 unspecified atom stereocenters. The molecule has 0 radical (unpaired) electrons. The minimum absolute atomic E-state index is 0.121. The van der Waals surface area contributed by atoms with Gasteiger partial charge in [0.25, 0.3) is 0 Å². The van der Waals surface area contributed by atoms with Crippen molar-refractivity contribution in [2.45, 2.75) is 39.5 Å². The van der Waals surface area contributed by atoms with E-state index in [0.29, 0.717) is 25.7 Å². The van der Waals surface area contributed by atoms with Crippen LogP contribution >= 0.6 is 0 Å². The number of hydrogen-bond acceptors (Lipinski definition) is 4. The van der Waals surface area contributed by atoms with Crippen LogP contribution in [0.15, 0.2) is 11.3 Å². The first-order valence-electron chi connectivity index (χ1n) is 7.95. The summed E-state index contributed by atoms with van der Waals surface area (Å²) in [6, 6.07) is 2.19. The second kappa shape index (κ2) is 4.92. The molecule has 2 heterocycles. The standard InChI is InChI=1S/C17H23N3O2/c1-16(2)8-12-14(13(21)9-16)17(4-6-20(3)7-5-17)11(10-18)15(22)19-12/h11H,4-9H2,1-3H3,(H,19,22).